The number of halogens is 2. The highest BCUT2D eigenvalue weighted by molar-refractivity contribution is 6.00. The van der Waals surface area contributed by atoms with E-state index in [9.17, 15) is 32.8 Å². The van der Waals surface area contributed by atoms with Gasteiger partial charge in [0.15, 0.2) is 34.9 Å². The van der Waals surface area contributed by atoms with Gasteiger partial charge in [0.05, 0.1) is 44.0 Å². The number of benzene rings is 7. The Kier molecular flexibility index (Phi) is 30.2. The lowest BCUT2D eigenvalue weighted by molar-refractivity contribution is -0.112. The van der Waals surface area contributed by atoms with Gasteiger partial charge >= 0.3 is 0 Å². The molecule has 8 N–H and O–H groups in total. The van der Waals surface area contributed by atoms with E-state index in [1.165, 1.54) is 43.4 Å². The number of rotatable bonds is 27. The van der Waals surface area contributed by atoms with Crippen molar-refractivity contribution in [1.82, 2.24) is 44.7 Å². The van der Waals surface area contributed by atoms with E-state index in [-0.39, 0.29) is 69.5 Å². The molecule has 7 aromatic carbocycles. The van der Waals surface area contributed by atoms with E-state index in [0.717, 1.165) is 73.7 Å². The maximum Gasteiger partial charge on any atom is 0.293 e. The average molecular weight is 1530 g/mol. The summed E-state index contributed by atoms with van der Waals surface area (Å²) in [5.74, 6) is 0.0685. The van der Waals surface area contributed by atoms with E-state index in [1.807, 2.05) is 61.5 Å². The van der Waals surface area contributed by atoms with Crippen LogP contribution >= 0.6 is 0 Å². The van der Waals surface area contributed by atoms with Crippen LogP contribution in [0.5, 0.6) is 17.2 Å². The predicted molar refractivity (Wildman–Crippen MR) is 436 cm³/mol. The standard InChI is InChI=1S/C35H40N4O3.C26H22FN7O3.C22H22FN5O3.C2H3N/c1-24-27(21-32(40)26-11-13-28(14-12-26)35(2,3)4)7-6-8-30(24)31-23-38(5)34(41)33(37-31)36-29-15-9-25(10-16-29)22-39-17-19-42-20-18-39;1-3-23(35)31-17-5-4-6-18(13-17)32-24-21(27)15-30-26(34-24)33-16-7-9-19(10-8-16)37-20-11-12-29-22(14-20)25(36)28-2;1-3-20(29)25-16-5-4-6-17(13-16)26-21-19(23)14-24-22(28-21)27-15-7-9-18(10-8-15)31-12-11-30-2;1-2-3/h6-16,23H,17-22H2,1-5H3,(H,36,37);3-15H,1H2,2H3,(H,28,36)(H,31,35)(H2,30,32,33,34);3-10,13-14H,1,11-12H2,2H3,(H,25,29)(H2,24,26,27,28);1H3. The molecule has 0 radical (unpaired) electrons. The Morgan fingerprint density at radius 2 is 1.15 bits per heavy atom. The van der Waals surface area contributed by atoms with E-state index in [4.69, 9.17) is 29.2 Å². The smallest absolute Gasteiger partial charge is 0.293 e. The third kappa shape index (κ3) is 25.3. The van der Waals surface area contributed by atoms with Crippen molar-refractivity contribution in [2.24, 2.45) is 7.05 Å². The molecule has 580 valence electrons. The second kappa shape index (κ2) is 41.1. The summed E-state index contributed by atoms with van der Waals surface area (Å²) in [5, 5.41) is 30.1. The van der Waals surface area contributed by atoms with Crippen molar-refractivity contribution in [2.75, 3.05) is 90.9 Å². The molecular formula is C85H87F2N17O9. The van der Waals surface area contributed by atoms with Crippen LogP contribution in [-0.2, 0) is 44.5 Å². The molecule has 4 aromatic heterocycles. The highest BCUT2D eigenvalue weighted by atomic mass is 19.1. The van der Waals surface area contributed by atoms with Crippen LogP contribution in [0.4, 0.5) is 77.9 Å². The van der Waals surface area contributed by atoms with Gasteiger partial charge in [-0.3, -0.25) is 33.9 Å². The summed E-state index contributed by atoms with van der Waals surface area (Å²) in [6.07, 6.45) is 7.97. The minimum atomic E-state index is -0.650. The number of ketones is 1. The maximum absolute atomic E-state index is 14.4. The van der Waals surface area contributed by atoms with Gasteiger partial charge in [0, 0.05) is 124 Å². The molecule has 113 heavy (non-hydrogen) atoms. The van der Waals surface area contributed by atoms with Crippen molar-refractivity contribution in [3.63, 3.8) is 0 Å². The third-order valence-electron chi connectivity index (χ3n) is 16.8. The van der Waals surface area contributed by atoms with Gasteiger partial charge in [-0.1, -0.05) is 101 Å². The van der Waals surface area contributed by atoms with Crippen molar-refractivity contribution in [3.05, 3.63) is 282 Å². The Balaban J connectivity index is 0.000000193. The molecular weight excluding hydrogens is 1440 g/mol. The number of carbonyl (C=O) groups is 4. The van der Waals surface area contributed by atoms with Crippen molar-refractivity contribution in [2.45, 2.75) is 53.0 Å². The molecule has 0 spiro atoms. The molecule has 0 bridgehead atoms. The largest absolute Gasteiger partial charge is 0.491 e. The van der Waals surface area contributed by atoms with Gasteiger partial charge in [0.2, 0.25) is 23.7 Å². The fourth-order valence-electron chi connectivity index (χ4n) is 10.9. The topological polar surface area (TPSA) is 328 Å². The molecule has 3 amide bonds. The Labute approximate surface area is 653 Å². The van der Waals surface area contributed by atoms with Gasteiger partial charge in [-0.15, -0.1) is 0 Å². The molecule has 12 rings (SSSR count). The van der Waals surface area contributed by atoms with E-state index >= 15 is 0 Å². The SMILES string of the molecule is C=CC(=O)Nc1cccc(Nc2nc(Nc3ccc(OCCOC)cc3)ncc2F)c1.C=CC(=O)Nc1cccc(Nc2nc(Nc3ccc(Oc4ccnc(C(=O)NC)c4)cc3)ncc2F)c1.CC#N.Cc1c(CC(=O)c2ccc(C(C)(C)C)cc2)cccc1-c1cn(C)c(=O)c(Nc2ccc(CN3CCOCC3)cc2)n1. The number of nitrogens with one attached hydrogen (secondary N) is 8. The first-order valence-corrected chi connectivity index (χ1v) is 35.7. The fourth-order valence-corrected chi connectivity index (χ4v) is 10.9. The van der Waals surface area contributed by atoms with Gasteiger partial charge in [-0.2, -0.15) is 15.2 Å². The number of pyridine rings is 1. The highest BCUT2D eigenvalue weighted by Gasteiger charge is 2.20. The van der Waals surface area contributed by atoms with Crippen LogP contribution in [0.2, 0.25) is 0 Å². The number of methoxy groups -OCH3 is 1. The maximum atomic E-state index is 14.4. The van der Waals surface area contributed by atoms with Gasteiger partial charge < -0.3 is 66.0 Å². The van der Waals surface area contributed by atoms with Crippen molar-refractivity contribution < 1.29 is 46.9 Å². The second-order valence-corrected chi connectivity index (χ2v) is 26.1. The summed E-state index contributed by atoms with van der Waals surface area (Å²) < 4.78 is 51.9. The van der Waals surface area contributed by atoms with E-state index < -0.39 is 11.6 Å². The number of amides is 3. The van der Waals surface area contributed by atoms with E-state index in [2.05, 4.69) is 118 Å². The summed E-state index contributed by atoms with van der Waals surface area (Å²) in [5.41, 5.74) is 10.9. The van der Waals surface area contributed by atoms with Gasteiger partial charge in [-0.25, -0.2) is 23.7 Å². The Bertz CT molecular complexity index is 5210. The number of Topliss-reactive ketones (excluding diaryl/α,β-unsaturated/α-hetero) is 1. The van der Waals surface area contributed by atoms with Crippen LogP contribution in [0.25, 0.3) is 11.3 Å². The normalized spacial score (nSPS) is 11.5. The van der Waals surface area contributed by atoms with Crippen LogP contribution in [-0.4, -0.2) is 117 Å². The summed E-state index contributed by atoms with van der Waals surface area (Å²) in [6.45, 7) is 22.0. The molecule has 0 aliphatic carbocycles. The van der Waals surface area contributed by atoms with Crippen molar-refractivity contribution in [3.8, 4) is 34.6 Å². The lowest BCUT2D eigenvalue weighted by atomic mass is 9.86. The minimum Gasteiger partial charge on any atom is -0.491 e. The molecule has 0 atom stereocenters. The Morgan fingerprint density at radius 1 is 0.628 bits per heavy atom. The number of carbonyl (C=O) groups excluding carboxylic acids is 4. The monoisotopic (exact) mass is 1530 g/mol. The molecule has 0 saturated carbocycles. The first-order valence-electron chi connectivity index (χ1n) is 35.7. The van der Waals surface area contributed by atoms with Crippen molar-refractivity contribution >= 4 is 92.7 Å². The molecule has 1 fully saturated rings. The van der Waals surface area contributed by atoms with Gasteiger partial charge in [-0.05, 0) is 150 Å². The van der Waals surface area contributed by atoms with Crippen LogP contribution in [0.1, 0.15) is 70.8 Å². The predicted octanol–water partition coefficient (Wildman–Crippen LogP) is 15.6. The minimum absolute atomic E-state index is 0.00998. The zero-order valence-corrected chi connectivity index (χ0v) is 63.7. The Hall–Kier alpha value is -13.9. The number of anilines is 12. The number of ether oxygens (including phenoxy) is 4. The molecule has 1 saturated heterocycles. The van der Waals surface area contributed by atoms with E-state index in [1.54, 1.807) is 134 Å². The first-order chi connectivity index (χ1) is 54.5. The van der Waals surface area contributed by atoms with Crippen LogP contribution in [0, 0.1) is 29.9 Å². The van der Waals surface area contributed by atoms with Gasteiger partial charge in [0.25, 0.3) is 11.5 Å². The van der Waals surface area contributed by atoms with E-state index in [0.29, 0.717) is 82.3 Å². The molecule has 26 nitrogen and oxygen atoms in total. The number of aromatic nitrogens is 7. The van der Waals surface area contributed by atoms with Crippen LogP contribution in [0.3, 0.4) is 0 Å². The lowest BCUT2D eigenvalue weighted by Gasteiger charge is -2.26. The van der Waals surface area contributed by atoms with Crippen LogP contribution in [0.15, 0.2) is 231 Å². The lowest BCUT2D eigenvalue weighted by Crippen LogP contribution is -2.35. The summed E-state index contributed by atoms with van der Waals surface area (Å²) >= 11 is 0. The summed E-state index contributed by atoms with van der Waals surface area (Å²) in [7, 11) is 4.87. The third-order valence-corrected chi connectivity index (χ3v) is 16.8. The summed E-state index contributed by atoms with van der Waals surface area (Å²) in [4.78, 5) is 88.4. The van der Waals surface area contributed by atoms with Crippen molar-refractivity contribution in [1.29, 1.82) is 5.26 Å². The Morgan fingerprint density at radius 3 is 1.69 bits per heavy atom. The summed E-state index contributed by atoms with van der Waals surface area (Å²) in [6, 6.07) is 54.5. The van der Waals surface area contributed by atoms with Gasteiger partial charge in [0.1, 0.15) is 29.5 Å². The number of hydrogen-bond donors (Lipinski definition) is 8. The zero-order valence-electron chi connectivity index (χ0n) is 63.7. The average Bonchev–Trinajstić information content (AvgIpc) is 0.790. The molecule has 0 unspecified atom stereocenters. The number of nitrogens with zero attached hydrogens (tertiary/aromatic N) is 9. The first kappa shape index (κ1) is 83.2. The molecule has 1 aliphatic rings. The highest BCUT2D eigenvalue weighted by Crippen LogP contribution is 2.31. The second-order valence-electron chi connectivity index (χ2n) is 26.1. The molecule has 5 heterocycles. The molecule has 28 heteroatoms. The quantitative estimate of drug-likeness (QED) is 0.0135. The zero-order chi connectivity index (χ0) is 80.8. The molecule has 1 aliphatic heterocycles. The number of morpholine rings is 1. The molecule has 11 aromatic rings. The number of hydrogen-bond acceptors (Lipinski definition) is 22. The number of aryl methyl sites for hydroxylation is 1. The van der Waals surface area contributed by atoms with Crippen LogP contribution < -0.4 is 57.6 Å². The number of nitriles is 1. The fraction of sp³-hybridized carbons (Fsp3) is 0.200.